The van der Waals surface area contributed by atoms with Gasteiger partial charge in [-0.2, -0.15) is 0 Å². The third-order valence-corrected chi connectivity index (χ3v) is 6.14. The molecule has 0 unspecified atom stereocenters. The molecule has 16 nitrogen and oxygen atoms in total. The molecular weight excluding hydrogens is 478 g/mol. The molecule has 16 heteroatoms. The first-order chi connectivity index (χ1) is 17.4. The molecule has 6 rings (SSSR count). The minimum absolute atomic E-state index is 0.221. The zero-order valence-electron chi connectivity index (χ0n) is 18.8. The lowest BCUT2D eigenvalue weighted by molar-refractivity contribution is -0.0432. The summed E-state index contributed by atoms with van der Waals surface area (Å²) >= 11 is 0. The fourth-order valence-corrected chi connectivity index (χ4v) is 4.25. The number of H-pyrrole nitrogens is 1. The monoisotopic (exact) mass is 503 g/mol. The molecule has 0 amide bonds. The summed E-state index contributed by atoms with van der Waals surface area (Å²) < 4.78 is 14.3. The molecule has 4 aromatic rings. The number of nitrogens with two attached hydrogens (primary N) is 1. The molecule has 0 spiro atoms. The molecule has 4 aromatic heterocycles. The molecule has 2 aliphatic rings. The molecule has 36 heavy (non-hydrogen) atoms. The predicted octanol–water partition coefficient (Wildman–Crippen LogP) is -2.19. The third kappa shape index (κ3) is 4.29. The number of aromatic nitrogens is 8. The number of ether oxygens (including phenoxy) is 2. The quantitative estimate of drug-likeness (QED) is 0.174. The summed E-state index contributed by atoms with van der Waals surface area (Å²) in [5.74, 6) is 0.302. The van der Waals surface area contributed by atoms with Gasteiger partial charge in [-0.05, 0) is 0 Å². The Labute approximate surface area is 202 Å². The van der Waals surface area contributed by atoms with E-state index in [1.165, 1.54) is 19.0 Å². The van der Waals surface area contributed by atoms with Crippen LogP contribution in [-0.4, -0.2) is 97.1 Å². The van der Waals surface area contributed by atoms with Crippen LogP contribution in [-0.2, 0) is 9.47 Å². The highest BCUT2D eigenvalue weighted by molar-refractivity contribution is 5.81. The second kappa shape index (κ2) is 9.84. The van der Waals surface area contributed by atoms with Gasteiger partial charge in [-0.3, -0.25) is 13.9 Å². The van der Waals surface area contributed by atoms with E-state index in [9.17, 15) is 15.0 Å². The molecule has 6 atom stereocenters. The molecule has 0 saturated carbocycles. The molecule has 0 radical (unpaired) electrons. The van der Waals surface area contributed by atoms with E-state index in [-0.39, 0.29) is 24.3 Å². The van der Waals surface area contributed by atoms with E-state index in [2.05, 4.69) is 29.9 Å². The SMILES string of the molecule is Nc1ncnc2c1ncn2[C@H]1C[C@H](O)[C@@H](CO)O1.O=c1[nH]cnc2c1ncn2[C@H]1C[C@H](O)[C@@H](CO)O1. The van der Waals surface area contributed by atoms with Crippen LogP contribution in [0.15, 0.2) is 30.1 Å². The van der Waals surface area contributed by atoms with E-state index in [1.807, 2.05) is 0 Å². The maximum Gasteiger partial charge on any atom is 0.278 e. The van der Waals surface area contributed by atoms with Crippen LogP contribution in [0.3, 0.4) is 0 Å². The average Bonchev–Trinajstić information content (AvgIpc) is 3.64. The Hall–Kier alpha value is -3.54. The zero-order chi connectivity index (χ0) is 25.4. The van der Waals surface area contributed by atoms with Gasteiger partial charge in [-0.25, -0.2) is 24.9 Å². The van der Waals surface area contributed by atoms with Gasteiger partial charge in [0.05, 0.1) is 44.4 Å². The van der Waals surface area contributed by atoms with Crippen molar-refractivity contribution < 1.29 is 29.9 Å². The molecule has 2 saturated heterocycles. The number of aromatic amines is 1. The fraction of sp³-hybridized carbons (Fsp3) is 0.500. The normalized spacial score (nSPS) is 28.0. The number of anilines is 1. The van der Waals surface area contributed by atoms with Crippen LogP contribution in [0.1, 0.15) is 25.3 Å². The molecule has 0 aliphatic carbocycles. The van der Waals surface area contributed by atoms with Crippen molar-refractivity contribution in [2.24, 2.45) is 0 Å². The predicted molar refractivity (Wildman–Crippen MR) is 121 cm³/mol. The van der Waals surface area contributed by atoms with Crippen molar-refractivity contribution in [1.82, 2.24) is 39.0 Å². The number of aliphatic hydroxyl groups excluding tert-OH is 4. The Morgan fingerprint density at radius 3 is 2.00 bits per heavy atom. The molecule has 2 fully saturated rings. The standard InChI is InChI=1S/C10H13N5O3.C10H12N4O4/c11-9-8-10(13-3-12-9)15(4-14-8)7-1-5(17)6(2-16)18-7;15-2-6-5(16)1-7(18-6)14-4-13-8-9(14)11-3-12-10(8)17/h3-7,16-17H,1-2H2,(H2,11,12,13);3-7,15-16H,1-2H2,(H,11,12,17)/t2*5-,6+,7+/m00/s1. The van der Waals surface area contributed by atoms with Gasteiger partial charge in [0, 0.05) is 12.8 Å². The number of nitrogens with one attached hydrogen (secondary N) is 1. The van der Waals surface area contributed by atoms with E-state index < -0.39 is 36.9 Å². The van der Waals surface area contributed by atoms with Crippen LogP contribution < -0.4 is 11.3 Å². The Morgan fingerprint density at radius 2 is 1.44 bits per heavy atom. The Kier molecular flexibility index (Phi) is 6.61. The second-order valence-corrected chi connectivity index (χ2v) is 8.37. The minimum atomic E-state index is -0.737. The van der Waals surface area contributed by atoms with Crippen molar-refractivity contribution in [2.45, 2.75) is 49.7 Å². The zero-order valence-corrected chi connectivity index (χ0v) is 18.8. The third-order valence-electron chi connectivity index (χ3n) is 6.14. The van der Waals surface area contributed by atoms with Crippen molar-refractivity contribution in [1.29, 1.82) is 0 Å². The summed E-state index contributed by atoms with van der Waals surface area (Å²) in [5, 5.41) is 37.5. The van der Waals surface area contributed by atoms with Crippen molar-refractivity contribution in [3.63, 3.8) is 0 Å². The number of hydrogen-bond acceptors (Lipinski definition) is 13. The van der Waals surface area contributed by atoms with Crippen LogP contribution >= 0.6 is 0 Å². The van der Waals surface area contributed by atoms with Crippen molar-refractivity contribution >= 4 is 28.1 Å². The van der Waals surface area contributed by atoms with E-state index in [0.717, 1.165) is 0 Å². The molecule has 6 heterocycles. The summed E-state index contributed by atoms with van der Waals surface area (Å²) in [7, 11) is 0. The topological polar surface area (TPSA) is 233 Å². The fourth-order valence-electron chi connectivity index (χ4n) is 4.25. The lowest BCUT2D eigenvalue weighted by Gasteiger charge is -2.13. The van der Waals surface area contributed by atoms with Crippen molar-refractivity contribution in [2.75, 3.05) is 18.9 Å². The average molecular weight is 503 g/mol. The maximum absolute atomic E-state index is 11.5. The number of rotatable bonds is 4. The van der Waals surface area contributed by atoms with Crippen LogP contribution in [0.5, 0.6) is 0 Å². The smallest absolute Gasteiger partial charge is 0.278 e. The van der Waals surface area contributed by atoms with Gasteiger partial charge in [0.2, 0.25) is 0 Å². The molecule has 0 bridgehead atoms. The Morgan fingerprint density at radius 1 is 0.889 bits per heavy atom. The van der Waals surface area contributed by atoms with Crippen LogP contribution in [0.4, 0.5) is 5.82 Å². The highest BCUT2D eigenvalue weighted by atomic mass is 16.5. The molecular formula is C20H25N9O7. The molecule has 192 valence electrons. The lowest BCUT2D eigenvalue weighted by atomic mass is 10.2. The van der Waals surface area contributed by atoms with Crippen LogP contribution in [0.25, 0.3) is 22.3 Å². The van der Waals surface area contributed by atoms with Gasteiger partial charge < -0.3 is 40.6 Å². The summed E-state index contributed by atoms with van der Waals surface area (Å²) in [4.78, 5) is 34.0. The number of fused-ring (bicyclic) bond motifs is 2. The highest BCUT2D eigenvalue weighted by Crippen LogP contribution is 2.31. The summed E-state index contributed by atoms with van der Waals surface area (Å²) in [6.45, 7) is -0.472. The summed E-state index contributed by atoms with van der Waals surface area (Å²) in [6, 6.07) is 0. The number of imidazole rings is 2. The molecule has 0 aromatic carbocycles. The maximum atomic E-state index is 11.5. The summed E-state index contributed by atoms with van der Waals surface area (Å²) in [6.07, 6.45) is 2.83. The Bertz CT molecular complexity index is 1410. The van der Waals surface area contributed by atoms with Crippen LogP contribution in [0.2, 0.25) is 0 Å². The second-order valence-electron chi connectivity index (χ2n) is 8.37. The first-order valence-electron chi connectivity index (χ1n) is 11.1. The first kappa shape index (κ1) is 24.2. The van der Waals surface area contributed by atoms with Gasteiger partial charge in [0.25, 0.3) is 5.56 Å². The van der Waals surface area contributed by atoms with Crippen LogP contribution in [0, 0.1) is 0 Å². The number of nitrogen functional groups attached to an aromatic ring is 1. The largest absolute Gasteiger partial charge is 0.394 e. The van der Waals surface area contributed by atoms with E-state index in [1.54, 1.807) is 15.5 Å². The molecule has 7 N–H and O–H groups in total. The highest BCUT2D eigenvalue weighted by Gasteiger charge is 2.36. The Balaban J connectivity index is 0.000000148. The number of hydrogen-bond donors (Lipinski definition) is 6. The van der Waals surface area contributed by atoms with Gasteiger partial charge in [0.1, 0.15) is 36.5 Å². The molecule has 2 aliphatic heterocycles. The van der Waals surface area contributed by atoms with Gasteiger partial charge in [-0.1, -0.05) is 0 Å². The lowest BCUT2D eigenvalue weighted by Crippen LogP contribution is -2.24. The van der Waals surface area contributed by atoms with E-state index in [0.29, 0.717) is 35.5 Å². The number of aliphatic hydroxyl groups is 4. The first-order valence-corrected chi connectivity index (χ1v) is 11.1. The van der Waals surface area contributed by atoms with Crippen molar-refractivity contribution in [3.8, 4) is 0 Å². The number of nitrogens with zero attached hydrogens (tertiary/aromatic N) is 7. The van der Waals surface area contributed by atoms with Gasteiger partial charge >= 0.3 is 0 Å². The summed E-state index contributed by atoms with van der Waals surface area (Å²) in [5.41, 5.74) is 7.05. The van der Waals surface area contributed by atoms with E-state index in [4.69, 9.17) is 25.4 Å². The van der Waals surface area contributed by atoms with Crippen molar-refractivity contribution in [3.05, 3.63) is 35.7 Å². The minimum Gasteiger partial charge on any atom is -0.394 e. The van der Waals surface area contributed by atoms with Gasteiger partial charge in [-0.15, -0.1) is 0 Å². The van der Waals surface area contributed by atoms with E-state index >= 15 is 0 Å². The van der Waals surface area contributed by atoms with Gasteiger partial charge in [0.15, 0.2) is 22.6 Å².